The molecule has 0 atom stereocenters. The van der Waals surface area contributed by atoms with Crippen LogP contribution in [0.5, 0.6) is 11.5 Å². The number of carbonyl (C=O) groups excluding carboxylic acids is 1. The predicted molar refractivity (Wildman–Crippen MR) is 116 cm³/mol. The first kappa shape index (κ1) is 19.6. The molecule has 0 saturated carbocycles. The fraction of sp³-hybridized carbons (Fsp3) is 0.182. The van der Waals surface area contributed by atoms with Crippen LogP contribution in [0.15, 0.2) is 60.0 Å². The fourth-order valence-electron chi connectivity index (χ4n) is 3.53. The number of ether oxygens (including phenoxy) is 1. The normalized spacial score (nSPS) is 12.4. The Balaban J connectivity index is 1.28. The summed E-state index contributed by atoms with van der Waals surface area (Å²) in [6, 6.07) is 6.83. The van der Waals surface area contributed by atoms with E-state index in [9.17, 15) is 9.59 Å². The van der Waals surface area contributed by atoms with Gasteiger partial charge >= 0.3 is 0 Å². The third-order valence-corrected chi connectivity index (χ3v) is 5.10. The van der Waals surface area contributed by atoms with Gasteiger partial charge < -0.3 is 10.1 Å². The minimum atomic E-state index is -0.541. The van der Waals surface area contributed by atoms with Crippen molar-refractivity contribution in [1.29, 1.82) is 0 Å². The van der Waals surface area contributed by atoms with Crippen LogP contribution >= 0.6 is 0 Å². The van der Waals surface area contributed by atoms with Crippen LogP contribution in [0.3, 0.4) is 0 Å². The zero-order chi connectivity index (χ0) is 22.1. The summed E-state index contributed by atoms with van der Waals surface area (Å²) in [4.78, 5) is 37.8. The van der Waals surface area contributed by atoms with Gasteiger partial charge in [-0.2, -0.15) is 5.10 Å². The van der Waals surface area contributed by atoms with Gasteiger partial charge in [0.25, 0.3) is 11.5 Å². The summed E-state index contributed by atoms with van der Waals surface area (Å²) in [6.07, 6.45) is 9.69. The minimum Gasteiger partial charge on any atom is -0.456 e. The smallest absolute Gasteiger partial charge is 0.266 e. The number of rotatable bonds is 5. The van der Waals surface area contributed by atoms with Crippen molar-refractivity contribution < 1.29 is 9.53 Å². The number of aryl methyl sites for hydroxylation is 2. The second-order valence-electron chi connectivity index (χ2n) is 7.36. The van der Waals surface area contributed by atoms with Crippen molar-refractivity contribution in [3.63, 3.8) is 0 Å². The SMILES string of the molecule is Cn1cc(-c2cc(Oc3ccc(NC(=O)c4cnc5n(c4=O)CCC5)nc3)ccn2)cn1. The highest BCUT2D eigenvalue weighted by atomic mass is 16.5. The van der Waals surface area contributed by atoms with E-state index in [0.29, 0.717) is 29.7 Å². The van der Waals surface area contributed by atoms with Gasteiger partial charge in [0.05, 0.1) is 18.1 Å². The maximum absolute atomic E-state index is 12.5. The van der Waals surface area contributed by atoms with E-state index in [0.717, 1.165) is 24.1 Å². The zero-order valence-electron chi connectivity index (χ0n) is 17.2. The molecule has 10 nitrogen and oxygen atoms in total. The second kappa shape index (κ2) is 8.06. The first-order valence-corrected chi connectivity index (χ1v) is 10.1. The number of nitrogens with zero attached hydrogens (tertiary/aromatic N) is 6. The van der Waals surface area contributed by atoms with Crippen molar-refractivity contribution >= 4 is 11.7 Å². The molecule has 4 aromatic rings. The molecule has 0 fully saturated rings. The van der Waals surface area contributed by atoms with Crippen LogP contribution in [0.25, 0.3) is 11.3 Å². The average molecular weight is 429 g/mol. The molecule has 160 valence electrons. The molecule has 0 saturated heterocycles. The van der Waals surface area contributed by atoms with Gasteiger partial charge in [-0.1, -0.05) is 0 Å². The quantitative estimate of drug-likeness (QED) is 0.518. The lowest BCUT2D eigenvalue weighted by molar-refractivity contribution is 0.102. The van der Waals surface area contributed by atoms with Gasteiger partial charge in [0.1, 0.15) is 28.7 Å². The third kappa shape index (κ3) is 3.85. The summed E-state index contributed by atoms with van der Waals surface area (Å²) < 4.78 is 9.11. The highest BCUT2D eigenvalue weighted by Crippen LogP contribution is 2.25. The molecular weight excluding hydrogens is 410 g/mol. The minimum absolute atomic E-state index is 0.00232. The summed E-state index contributed by atoms with van der Waals surface area (Å²) in [5.41, 5.74) is 1.29. The molecule has 4 aromatic heterocycles. The Morgan fingerprint density at radius 1 is 1.09 bits per heavy atom. The summed E-state index contributed by atoms with van der Waals surface area (Å²) in [7, 11) is 1.84. The van der Waals surface area contributed by atoms with Crippen LogP contribution in [0.4, 0.5) is 5.82 Å². The van der Waals surface area contributed by atoms with Gasteiger partial charge in [-0.15, -0.1) is 0 Å². The van der Waals surface area contributed by atoms with Crippen LogP contribution in [0, 0.1) is 0 Å². The van der Waals surface area contributed by atoms with Crippen molar-refractivity contribution in [3.8, 4) is 22.8 Å². The van der Waals surface area contributed by atoms with Crippen molar-refractivity contribution in [2.24, 2.45) is 7.05 Å². The van der Waals surface area contributed by atoms with Crippen molar-refractivity contribution in [2.75, 3.05) is 5.32 Å². The van der Waals surface area contributed by atoms with Gasteiger partial charge in [-0.25, -0.2) is 9.97 Å². The molecule has 0 aliphatic carbocycles. The lowest BCUT2D eigenvalue weighted by Gasteiger charge is -2.09. The molecule has 0 spiro atoms. The molecule has 1 aliphatic heterocycles. The largest absolute Gasteiger partial charge is 0.456 e. The van der Waals surface area contributed by atoms with Crippen molar-refractivity contribution in [2.45, 2.75) is 19.4 Å². The molecule has 0 aromatic carbocycles. The van der Waals surface area contributed by atoms with Gasteiger partial charge in [-0.05, 0) is 24.6 Å². The van der Waals surface area contributed by atoms with Gasteiger partial charge in [0.15, 0.2) is 0 Å². The van der Waals surface area contributed by atoms with Gasteiger partial charge in [-0.3, -0.25) is 23.8 Å². The molecule has 32 heavy (non-hydrogen) atoms. The molecule has 1 N–H and O–H groups in total. The van der Waals surface area contributed by atoms with E-state index >= 15 is 0 Å². The number of pyridine rings is 2. The van der Waals surface area contributed by atoms with E-state index < -0.39 is 5.91 Å². The number of carbonyl (C=O) groups is 1. The highest BCUT2D eigenvalue weighted by Gasteiger charge is 2.19. The van der Waals surface area contributed by atoms with Crippen LogP contribution in [-0.4, -0.2) is 35.2 Å². The fourth-order valence-corrected chi connectivity index (χ4v) is 3.53. The number of fused-ring (bicyclic) bond motifs is 1. The van der Waals surface area contributed by atoms with Crippen molar-refractivity contribution in [1.82, 2.24) is 29.3 Å². The monoisotopic (exact) mass is 429 g/mol. The lowest BCUT2D eigenvalue weighted by atomic mass is 10.2. The Labute approximate surface area is 182 Å². The second-order valence-corrected chi connectivity index (χ2v) is 7.36. The van der Waals surface area contributed by atoms with Crippen LogP contribution in [0.1, 0.15) is 22.6 Å². The van der Waals surface area contributed by atoms with Crippen LogP contribution in [0.2, 0.25) is 0 Å². The molecule has 0 bridgehead atoms. The van der Waals surface area contributed by atoms with Crippen LogP contribution < -0.4 is 15.6 Å². The molecule has 0 radical (unpaired) electrons. The molecule has 1 aliphatic rings. The molecule has 5 heterocycles. The van der Waals surface area contributed by atoms with Gasteiger partial charge in [0, 0.05) is 50.2 Å². The number of amides is 1. The Morgan fingerprint density at radius 3 is 2.78 bits per heavy atom. The number of aromatic nitrogens is 6. The Hall–Kier alpha value is -4.34. The summed E-state index contributed by atoms with van der Waals surface area (Å²) >= 11 is 0. The Bertz CT molecular complexity index is 1360. The maximum atomic E-state index is 12.5. The summed E-state index contributed by atoms with van der Waals surface area (Å²) in [5, 5.41) is 6.79. The Kier molecular flexibility index (Phi) is 4.94. The Morgan fingerprint density at radius 2 is 2.00 bits per heavy atom. The van der Waals surface area contributed by atoms with E-state index in [1.54, 1.807) is 45.9 Å². The van der Waals surface area contributed by atoms with E-state index in [4.69, 9.17) is 4.74 Å². The summed E-state index contributed by atoms with van der Waals surface area (Å²) in [6.45, 7) is 0.587. The number of anilines is 1. The standard InChI is InChI=1S/C22H19N7O3/c1-28-13-14(10-26-28)18-9-15(6-7-23-18)32-16-4-5-19(24-11-16)27-21(30)17-12-25-20-3-2-8-29(20)22(17)31/h4-7,9-13H,2-3,8H2,1H3,(H,24,27,30). The number of nitrogens with one attached hydrogen (secondary N) is 1. The first-order chi connectivity index (χ1) is 15.6. The topological polar surface area (TPSA) is 117 Å². The van der Waals surface area contributed by atoms with Crippen LogP contribution in [-0.2, 0) is 20.0 Å². The van der Waals surface area contributed by atoms with E-state index in [1.807, 2.05) is 13.2 Å². The number of hydrogen-bond acceptors (Lipinski definition) is 7. The summed E-state index contributed by atoms with van der Waals surface area (Å²) in [5.74, 6) is 1.56. The molecule has 5 rings (SSSR count). The zero-order valence-corrected chi connectivity index (χ0v) is 17.2. The van der Waals surface area contributed by atoms with Gasteiger partial charge in [0.2, 0.25) is 0 Å². The van der Waals surface area contributed by atoms with Crippen molar-refractivity contribution in [3.05, 3.63) is 77.0 Å². The molecule has 0 unspecified atom stereocenters. The predicted octanol–water partition coefficient (Wildman–Crippen LogP) is 2.42. The molecular formula is C22H19N7O3. The van der Waals surface area contributed by atoms with E-state index in [-0.39, 0.29) is 11.1 Å². The first-order valence-electron chi connectivity index (χ1n) is 10.1. The maximum Gasteiger partial charge on any atom is 0.266 e. The number of hydrogen-bond donors (Lipinski definition) is 1. The highest BCUT2D eigenvalue weighted by molar-refractivity contribution is 6.03. The van der Waals surface area contributed by atoms with E-state index in [1.165, 1.54) is 12.4 Å². The average Bonchev–Trinajstić information content (AvgIpc) is 3.45. The van der Waals surface area contributed by atoms with E-state index in [2.05, 4.69) is 25.4 Å². The lowest BCUT2D eigenvalue weighted by Crippen LogP contribution is -2.30. The molecule has 10 heteroatoms. The third-order valence-electron chi connectivity index (χ3n) is 5.10. The molecule has 1 amide bonds.